The molecule has 4 atom stereocenters. The zero-order valence-corrected chi connectivity index (χ0v) is 34.0. The quantitative estimate of drug-likeness (QED) is 0.101. The molecule has 8 rings (SSSR count). The van der Waals surface area contributed by atoms with Crippen molar-refractivity contribution in [2.75, 3.05) is 38.1 Å². The largest absolute Gasteiger partial charge is 0.493 e. The molecule has 0 spiro atoms. The molecule has 4 aromatic rings. The topological polar surface area (TPSA) is 210 Å². The van der Waals surface area contributed by atoms with Gasteiger partial charge in [0.05, 0.1) is 62.0 Å². The number of nitrogens with zero attached hydrogens (tertiary/aromatic N) is 2. The van der Waals surface area contributed by atoms with E-state index in [0.717, 1.165) is 0 Å². The number of carbonyl (C=O) groups excluding carboxylic acids is 2. The molecular formula is C41H38F2N4O12S2. The minimum Gasteiger partial charge on any atom is -0.493 e. The van der Waals surface area contributed by atoms with Crippen LogP contribution in [0.15, 0.2) is 85.2 Å². The lowest BCUT2D eigenvalue weighted by Crippen LogP contribution is -2.46. The fourth-order valence-electron chi connectivity index (χ4n) is 7.92. The zero-order valence-electron chi connectivity index (χ0n) is 32.4. The van der Waals surface area contributed by atoms with Crippen molar-refractivity contribution in [3.05, 3.63) is 119 Å². The fourth-order valence-corrected chi connectivity index (χ4v) is 9.72. The monoisotopic (exact) mass is 880 g/mol. The van der Waals surface area contributed by atoms with E-state index in [1.54, 1.807) is 0 Å². The van der Waals surface area contributed by atoms with Gasteiger partial charge >= 0.3 is 0 Å². The average molecular weight is 881 g/mol. The number of halogens is 2. The van der Waals surface area contributed by atoms with E-state index in [2.05, 4.69) is 10.6 Å². The maximum Gasteiger partial charge on any atom is 0.288 e. The lowest BCUT2D eigenvalue weighted by molar-refractivity contribution is 0.0782. The number of anilines is 2. The van der Waals surface area contributed by atoms with Crippen molar-refractivity contribution in [2.45, 2.75) is 42.1 Å². The summed E-state index contributed by atoms with van der Waals surface area (Å²) in [6, 6.07) is 14.5. The molecular weight excluding hydrogens is 843 g/mol. The molecule has 4 N–H and O–H groups in total. The van der Waals surface area contributed by atoms with Crippen LogP contribution in [0.25, 0.3) is 11.1 Å². The van der Waals surface area contributed by atoms with Crippen molar-refractivity contribution in [1.29, 1.82) is 0 Å². The van der Waals surface area contributed by atoms with Gasteiger partial charge in [-0.3, -0.25) is 18.7 Å². The molecule has 0 bridgehead atoms. The molecule has 2 amide bonds. The van der Waals surface area contributed by atoms with E-state index in [1.165, 1.54) is 109 Å². The molecule has 4 heterocycles. The summed E-state index contributed by atoms with van der Waals surface area (Å²) in [5.41, 5.74) is 2.51. The van der Waals surface area contributed by atoms with Gasteiger partial charge in [0.1, 0.15) is 11.6 Å². The number of rotatable bonds is 12. The van der Waals surface area contributed by atoms with E-state index < -0.39 is 66.5 Å². The number of amides is 2. The summed E-state index contributed by atoms with van der Waals surface area (Å²) in [5.74, 6) is -1.50. The fraction of sp³-hybridized carbons (Fsp3) is 0.268. The molecule has 0 saturated carbocycles. The standard InChI is InChI=1S/C41H38F2N4O12S2/c1-56-34-16-28-30(44-38(60(50,51)52)32-14-24(20-46(32)40(28)48)22-4-8-26(42)9-5-22)18-36(34)58-12-3-13-59-37-19-31-29(17-35(37)57-2)41(49)47-21-25(23-6-10-27(43)11-7-23)15-33(47)39(45-31)61(53,54)55/h4-11,16-21,32-33,38-39,44-45H,3,12-15H2,1-2H3,(H,50,51,52)(H,53,54,55)/t32-,33-,38-,39-/m0/s1. The van der Waals surface area contributed by atoms with Gasteiger partial charge in [0.25, 0.3) is 32.1 Å². The van der Waals surface area contributed by atoms with Crippen LogP contribution in [0.2, 0.25) is 0 Å². The van der Waals surface area contributed by atoms with Gasteiger partial charge in [-0.15, -0.1) is 0 Å². The van der Waals surface area contributed by atoms with E-state index in [-0.39, 0.29) is 78.0 Å². The number of hydrogen-bond acceptors (Lipinski definition) is 12. The zero-order chi connectivity index (χ0) is 43.4. The predicted octanol–water partition coefficient (Wildman–Crippen LogP) is 5.62. The van der Waals surface area contributed by atoms with Crippen molar-refractivity contribution < 1.29 is 63.3 Å². The highest BCUT2D eigenvalue weighted by Crippen LogP contribution is 2.44. The Balaban J connectivity index is 0.983. The maximum absolute atomic E-state index is 13.9. The smallest absolute Gasteiger partial charge is 0.288 e. The van der Waals surface area contributed by atoms with Crippen molar-refractivity contribution in [1.82, 2.24) is 9.80 Å². The van der Waals surface area contributed by atoms with E-state index in [1.807, 2.05) is 0 Å². The molecule has 0 fully saturated rings. The van der Waals surface area contributed by atoms with Crippen molar-refractivity contribution in [3.8, 4) is 23.0 Å². The lowest BCUT2D eigenvalue weighted by Gasteiger charge is -2.26. The summed E-state index contributed by atoms with van der Waals surface area (Å²) < 4.78 is 122. The van der Waals surface area contributed by atoms with Gasteiger partial charge in [-0.25, -0.2) is 8.78 Å². The van der Waals surface area contributed by atoms with E-state index in [9.17, 15) is 44.3 Å². The Hall–Kier alpha value is -6.22. The van der Waals surface area contributed by atoms with Gasteiger partial charge in [0.15, 0.2) is 33.7 Å². The second kappa shape index (κ2) is 16.0. The van der Waals surface area contributed by atoms with Crippen LogP contribution in [0.5, 0.6) is 23.0 Å². The lowest BCUT2D eigenvalue weighted by atomic mass is 10.0. The van der Waals surface area contributed by atoms with Gasteiger partial charge in [-0.05, 0) is 71.5 Å². The molecule has 0 unspecified atom stereocenters. The molecule has 0 radical (unpaired) electrons. The second-order valence-electron chi connectivity index (χ2n) is 14.6. The van der Waals surface area contributed by atoms with Gasteiger partial charge in [0.2, 0.25) is 0 Å². The van der Waals surface area contributed by atoms with E-state index in [4.69, 9.17) is 18.9 Å². The Morgan fingerprint density at radius 1 is 0.623 bits per heavy atom. The Morgan fingerprint density at radius 2 is 1.00 bits per heavy atom. The number of ether oxygens (including phenoxy) is 4. The first kappa shape index (κ1) is 41.5. The summed E-state index contributed by atoms with van der Waals surface area (Å²) >= 11 is 0. The molecule has 4 aliphatic heterocycles. The van der Waals surface area contributed by atoms with Crippen molar-refractivity contribution >= 4 is 54.6 Å². The third-order valence-corrected chi connectivity index (χ3v) is 13.0. The van der Waals surface area contributed by atoms with Gasteiger partial charge in [-0.1, -0.05) is 24.3 Å². The molecule has 320 valence electrons. The maximum atomic E-state index is 13.9. The average Bonchev–Trinajstić information content (AvgIpc) is 3.81. The summed E-state index contributed by atoms with van der Waals surface area (Å²) in [6.45, 7) is 0.0229. The van der Waals surface area contributed by atoms with Crippen LogP contribution < -0.4 is 29.6 Å². The molecule has 4 aliphatic rings. The highest BCUT2D eigenvalue weighted by molar-refractivity contribution is 7.86. The van der Waals surface area contributed by atoms with Gasteiger partial charge in [0, 0.05) is 31.0 Å². The number of fused-ring (bicyclic) bond motifs is 4. The minimum atomic E-state index is -4.78. The van der Waals surface area contributed by atoms with Gasteiger partial charge < -0.3 is 39.4 Å². The van der Waals surface area contributed by atoms with Crippen LogP contribution in [0.4, 0.5) is 20.2 Å². The molecule has 61 heavy (non-hydrogen) atoms. The molecule has 0 aliphatic carbocycles. The summed E-state index contributed by atoms with van der Waals surface area (Å²) in [6.07, 6.45) is 3.29. The molecule has 0 aromatic heterocycles. The number of benzene rings is 4. The first-order valence-electron chi connectivity index (χ1n) is 18.8. The van der Waals surface area contributed by atoms with Crippen LogP contribution in [-0.4, -0.2) is 97.8 Å². The molecule has 20 heteroatoms. The SMILES string of the molecule is COc1cc2c(cc1OCCCOc1cc3c(cc1OC)C(=O)N1C=C(c4ccc(F)cc4)C[C@H]1[C@H](S(=O)(=O)O)N3)N[C@@H](S(=O)(=O)O)[C@@H]1CC(c3ccc(F)cc3)=CN1C2=O. The third kappa shape index (κ3) is 8.06. The van der Waals surface area contributed by atoms with Gasteiger partial charge in [-0.2, -0.15) is 16.8 Å². The summed E-state index contributed by atoms with van der Waals surface area (Å²) in [4.78, 5) is 30.3. The highest BCUT2D eigenvalue weighted by Gasteiger charge is 2.47. The van der Waals surface area contributed by atoms with Crippen molar-refractivity contribution in [2.24, 2.45) is 0 Å². The number of methoxy groups -OCH3 is 2. The highest BCUT2D eigenvalue weighted by atomic mass is 32.2. The van der Waals surface area contributed by atoms with E-state index in [0.29, 0.717) is 22.3 Å². The molecule has 4 aromatic carbocycles. The van der Waals surface area contributed by atoms with Crippen LogP contribution >= 0.6 is 0 Å². The Labute approximate surface area is 348 Å². The molecule has 16 nitrogen and oxygen atoms in total. The number of carbonyl (C=O) groups is 2. The van der Waals surface area contributed by atoms with Crippen LogP contribution in [0.3, 0.4) is 0 Å². The number of nitrogens with one attached hydrogen (secondary N) is 2. The summed E-state index contributed by atoms with van der Waals surface area (Å²) in [5, 5.41) is 2.34. The van der Waals surface area contributed by atoms with Crippen LogP contribution in [0, 0.1) is 11.6 Å². The number of hydrogen-bond donors (Lipinski definition) is 4. The van der Waals surface area contributed by atoms with E-state index >= 15 is 0 Å². The Morgan fingerprint density at radius 3 is 1.34 bits per heavy atom. The van der Waals surface area contributed by atoms with Crippen LogP contribution in [0.1, 0.15) is 51.1 Å². The first-order chi connectivity index (χ1) is 29.0. The second-order valence-corrected chi connectivity index (χ2v) is 17.7. The third-order valence-electron chi connectivity index (χ3n) is 10.9. The minimum absolute atomic E-state index is 0.0114. The molecule has 0 saturated heterocycles. The summed E-state index contributed by atoms with van der Waals surface area (Å²) in [7, 11) is -6.85. The first-order valence-corrected chi connectivity index (χ1v) is 21.8. The Kier molecular flexibility index (Phi) is 10.9. The predicted molar refractivity (Wildman–Crippen MR) is 217 cm³/mol. The van der Waals surface area contributed by atoms with Crippen LogP contribution in [-0.2, 0) is 20.2 Å². The Bertz CT molecular complexity index is 2530. The normalized spacial score (nSPS) is 20.8. The van der Waals surface area contributed by atoms with Crippen molar-refractivity contribution in [3.63, 3.8) is 0 Å².